The lowest BCUT2D eigenvalue weighted by Crippen LogP contribution is -2.30. The summed E-state index contributed by atoms with van der Waals surface area (Å²) >= 11 is 1.79. The van der Waals surface area contributed by atoms with Gasteiger partial charge in [-0.1, -0.05) is 12.1 Å². The van der Waals surface area contributed by atoms with Crippen molar-refractivity contribution < 1.29 is 9.72 Å². The van der Waals surface area contributed by atoms with E-state index in [1.54, 1.807) is 42.7 Å². The van der Waals surface area contributed by atoms with Gasteiger partial charge in [0.2, 0.25) is 0 Å². The topological polar surface area (TPSA) is 88.4 Å². The summed E-state index contributed by atoms with van der Waals surface area (Å²) in [5.41, 5.74) is 2.14. The molecule has 7 nitrogen and oxygen atoms in total. The second kappa shape index (κ2) is 7.40. The number of hydrogen-bond donors (Lipinski definition) is 1. The molecule has 0 aliphatic carbocycles. The Morgan fingerprint density at radius 1 is 1.29 bits per heavy atom. The van der Waals surface area contributed by atoms with Crippen LogP contribution in [0.5, 0.6) is 0 Å². The molecule has 28 heavy (non-hydrogen) atoms. The van der Waals surface area contributed by atoms with Crippen LogP contribution in [-0.2, 0) is 13.0 Å². The smallest absolute Gasteiger partial charge is 0.285 e. The largest absolute Gasteiger partial charge is 0.352 e. The number of carbonyl (C=O) groups excluding carboxylic acids is 1. The van der Waals surface area contributed by atoms with E-state index in [0.717, 1.165) is 25.3 Å². The van der Waals surface area contributed by atoms with Crippen molar-refractivity contribution in [3.63, 3.8) is 0 Å². The van der Waals surface area contributed by atoms with Gasteiger partial charge in [0.15, 0.2) is 0 Å². The van der Waals surface area contributed by atoms with E-state index in [-0.39, 0.29) is 11.3 Å². The third kappa shape index (κ3) is 3.46. The van der Waals surface area contributed by atoms with Gasteiger partial charge in [-0.25, -0.2) is 4.98 Å². The fourth-order valence-corrected chi connectivity index (χ4v) is 4.26. The maximum Gasteiger partial charge on any atom is 0.285 e. The van der Waals surface area contributed by atoms with Gasteiger partial charge in [-0.15, -0.1) is 11.3 Å². The highest BCUT2D eigenvalue weighted by molar-refractivity contribution is 7.10. The van der Waals surface area contributed by atoms with E-state index in [1.807, 2.05) is 6.07 Å². The number of nitro benzene ring substituents is 1. The lowest BCUT2D eigenvalue weighted by molar-refractivity contribution is -0.385. The quantitative estimate of drug-likeness (QED) is 0.530. The lowest BCUT2D eigenvalue weighted by atomic mass is 10.1. The molecule has 2 aromatic heterocycles. The summed E-state index contributed by atoms with van der Waals surface area (Å²) in [6, 6.07) is 10.5. The summed E-state index contributed by atoms with van der Waals surface area (Å²) in [5, 5.41) is 16.1. The van der Waals surface area contributed by atoms with Crippen molar-refractivity contribution in [1.29, 1.82) is 0 Å². The average Bonchev–Trinajstić information content (AvgIpc) is 3.16. The number of nitro groups is 1. The van der Waals surface area contributed by atoms with Gasteiger partial charge in [0.1, 0.15) is 11.4 Å². The highest BCUT2D eigenvalue weighted by Crippen LogP contribution is 2.28. The minimum Gasteiger partial charge on any atom is -0.352 e. The first-order valence-electron chi connectivity index (χ1n) is 8.84. The third-order valence-corrected chi connectivity index (χ3v) is 5.83. The minimum absolute atomic E-state index is 0.0371. The van der Waals surface area contributed by atoms with Crippen molar-refractivity contribution in [3.05, 3.63) is 79.7 Å². The number of anilines is 2. The van der Waals surface area contributed by atoms with Crippen molar-refractivity contribution in [2.24, 2.45) is 0 Å². The number of thiophene rings is 1. The molecule has 1 aromatic carbocycles. The summed E-state index contributed by atoms with van der Waals surface area (Å²) in [4.78, 5) is 31.4. The summed E-state index contributed by atoms with van der Waals surface area (Å²) in [5.74, 6) is 0.322. The maximum atomic E-state index is 12.5. The molecule has 3 heterocycles. The number of para-hydroxylation sites is 1. The van der Waals surface area contributed by atoms with E-state index in [1.165, 1.54) is 16.5 Å². The average molecular weight is 394 g/mol. The van der Waals surface area contributed by atoms with Gasteiger partial charge in [0.25, 0.3) is 11.6 Å². The monoisotopic (exact) mass is 394 g/mol. The molecule has 4 rings (SSSR count). The van der Waals surface area contributed by atoms with E-state index < -0.39 is 10.8 Å². The number of carbonyl (C=O) groups is 1. The summed E-state index contributed by atoms with van der Waals surface area (Å²) in [7, 11) is 0. The molecule has 0 unspecified atom stereocenters. The molecule has 142 valence electrons. The van der Waals surface area contributed by atoms with E-state index in [4.69, 9.17) is 0 Å². The van der Waals surface area contributed by atoms with Gasteiger partial charge in [-0.05, 0) is 48.6 Å². The summed E-state index contributed by atoms with van der Waals surface area (Å²) < 4.78 is 0. The van der Waals surface area contributed by atoms with Crippen molar-refractivity contribution in [2.45, 2.75) is 19.9 Å². The zero-order chi connectivity index (χ0) is 19.7. The van der Waals surface area contributed by atoms with Crippen LogP contribution in [0.25, 0.3) is 0 Å². The molecule has 0 radical (unpaired) electrons. The first kappa shape index (κ1) is 18.1. The molecule has 0 bridgehead atoms. The second-order valence-electron chi connectivity index (χ2n) is 6.63. The number of aryl methyl sites for hydroxylation is 1. The summed E-state index contributed by atoms with van der Waals surface area (Å²) in [6.45, 7) is 3.34. The van der Waals surface area contributed by atoms with Crippen LogP contribution in [0.3, 0.4) is 0 Å². The van der Waals surface area contributed by atoms with Gasteiger partial charge < -0.3 is 10.2 Å². The normalized spacial score (nSPS) is 13.1. The van der Waals surface area contributed by atoms with Crippen LogP contribution in [0.15, 0.2) is 48.0 Å². The number of aromatic nitrogens is 1. The Bertz CT molecular complexity index is 1050. The predicted molar refractivity (Wildman–Crippen MR) is 109 cm³/mol. The van der Waals surface area contributed by atoms with Crippen LogP contribution < -0.4 is 10.2 Å². The highest BCUT2D eigenvalue weighted by Gasteiger charge is 2.23. The molecular formula is C20H18N4O3S. The molecule has 1 aliphatic rings. The Morgan fingerprint density at radius 2 is 2.14 bits per heavy atom. The van der Waals surface area contributed by atoms with Crippen molar-refractivity contribution in [1.82, 2.24) is 4.98 Å². The van der Waals surface area contributed by atoms with Gasteiger partial charge in [0.05, 0.1) is 16.8 Å². The van der Waals surface area contributed by atoms with E-state index >= 15 is 0 Å². The number of amides is 1. The van der Waals surface area contributed by atoms with Gasteiger partial charge >= 0.3 is 0 Å². The van der Waals surface area contributed by atoms with Crippen LogP contribution in [0.2, 0.25) is 0 Å². The number of hydrogen-bond acceptors (Lipinski definition) is 6. The fraction of sp³-hybridized carbons (Fsp3) is 0.200. The zero-order valence-electron chi connectivity index (χ0n) is 15.2. The van der Waals surface area contributed by atoms with Gasteiger partial charge in [-0.2, -0.15) is 0 Å². The van der Waals surface area contributed by atoms with Crippen LogP contribution >= 0.6 is 11.3 Å². The number of rotatable bonds is 4. The molecule has 0 saturated heterocycles. The molecule has 3 aromatic rings. The standard InChI is InChI=1S/C20H18N4O3S/c1-13-3-2-4-16(19(13)24(26)27)20(25)22-15-5-6-18(21-11-15)23-9-7-17-14(12-23)8-10-28-17/h2-6,8,10-11H,7,9,12H2,1H3,(H,22,25). The van der Waals surface area contributed by atoms with Crippen molar-refractivity contribution >= 4 is 34.4 Å². The molecule has 0 atom stereocenters. The Labute approximate surface area is 165 Å². The maximum absolute atomic E-state index is 12.5. The molecule has 1 aliphatic heterocycles. The minimum atomic E-state index is -0.527. The molecule has 1 N–H and O–H groups in total. The van der Waals surface area contributed by atoms with Crippen molar-refractivity contribution in [2.75, 3.05) is 16.8 Å². The number of fused-ring (bicyclic) bond motifs is 1. The number of nitrogens with zero attached hydrogens (tertiary/aromatic N) is 3. The van der Waals surface area contributed by atoms with Crippen LogP contribution in [0.1, 0.15) is 26.4 Å². The third-order valence-electron chi connectivity index (χ3n) is 4.80. The highest BCUT2D eigenvalue weighted by atomic mass is 32.1. The van der Waals surface area contributed by atoms with Gasteiger partial charge in [0, 0.05) is 23.5 Å². The second-order valence-corrected chi connectivity index (χ2v) is 7.63. The first-order chi connectivity index (χ1) is 13.5. The molecule has 0 saturated carbocycles. The Morgan fingerprint density at radius 3 is 2.89 bits per heavy atom. The fourth-order valence-electron chi connectivity index (χ4n) is 3.37. The van der Waals surface area contributed by atoms with Crippen molar-refractivity contribution in [3.8, 4) is 0 Å². The molecule has 0 fully saturated rings. The van der Waals surface area contributed by atoms with Crippen LogP contribution in [0, 0.1) is 17.0 Å². The van der Waals surface area contributed by atoms with Gasteiger partial charge in [-0.3, -0.25) is 14.9 Å². The molecule has 8 heteroatoms. The molecular weight excluding hydrogens is 376 g/mol. The number of benzene rings is 1. The predicted octanol–water partition coefficient (Wildman–Crippen LogP) is 4.17. The molecule has 1 amide bonds. The number of nitrogens with one attached hydrogen (secondary N) is 1. The van der Waals surface area contributed by atoms with E-state index in [9.17, 15) is 14.9 Å². The summed E-state index contributed by atoms with van der Waals surface area (Å²) in [6.07, 6.45) is 2.59. The van der Waals surface area contributed by atoms with Crippen LogP contribution in [-0.4, -0.2) is 22.4 Å². The first-order valence-corrected chi connectivity index (χ1v) is 9.72. The number of pyridine rings is 1. The SMILES string of the molecule is Cc1cccc(C(=O)Nc2ccc(N3CCc4sccc4C3)nc2)c1[N+](=O)[O-]. The van der Waals surface area contributed by atoms with E-state index in [0.29, 0.717) is 11.3 Å². The lowest BCUT2D eigenvalue weighted by Gasteiger charge is -2.28. The molecule has 0 spiro atoms. The Kier molecular flexibility index (Phi) is 4.79. The van der Waals surface area contributed by atoms with Crippen LogP contribution in [0.4, 0.5) is 17.2 Å². The van der Waals surface area contributed by atoms with E-state index in [2.05, 4.69) is 26.6 Å². The Balaban J connectivity index is 1.49. The Hall–Kier alpha value is -3.26. The zero-order valence-corrected chi connectivity index (χ0v) is 16.0.